The van der Waals surface area contributed by atoms with Gasteiger partial charge in [-0.15, -0.1) is 0 Å². The molecule has 0 amide bonds. The van der Waals surface area contributed by atoms with Crippen LogP contribution in [0.3, 0.4) is 0 Å². The number of rotatable bonds is 6. The van der Waals surface area contributed by atoms with E-state index < -0.39 is 0 Å². The Morgan fingerprint density at radius 2 is 1.23 bits per heavy atom. The van der Waals surface area contributed by atoms with Gasteiger partial charge in [-0.1, -0.05) is 27.7 Å². The highest BCUT2D eigenvalue weighted by Gasteiger charge is 2.19. The minimum Gasteiger partial charge on any atom is -0.315 e. The Morgan fingerprint density at radius 3 is 1.46 bits per heavy atom. The third-order valence-corrected chi connectivity index (χ3v) is 1.80. The summed E-state index contributed by atoms with van der Waals surface area (Å²) < 4.78 is 0. The Balaban J connectivity index is 3.80. The molecule has 0 aromatic carbocycles. The quantitative estimate of drug-likeness (QED) is 0.629. The summed E-state index contributed by atoms with van der Waals surface area (Å²) in [6.07, 6.45) is 1.85. The summed E-state index contributed by atoms with van der Waals surface area (Å²) in [4.78, 5) is 21.1. The van der Waals surface area contributed by atoms with Crippen LogP contribution in [0.1, 0.15) is 27.7 Å². The SMILES string of the molecule is CC(C)(C=O)CNCC(C)(C)C=O. The van der Waals surface area contributed by atoms with E-state index in [4.69, 9.17) is 0 Å². The molecule has 0 radical (unpaired) electrons. The van der Waals surface area contributed by atoms with Crippen molar-refractivity contribution in [2.24, 2.45) is 10.8 Å². The summed E-state index contributed by atoms with van der Waals surface area (Å²) in [7, 11) is 0. The molecule has 0 aliphatic rings. The maximum Gasteiger partial charge on any atom is 0.126 e. The van der Waals surface area contributed by atoms with Crippen LogP contribution in [-0.2, 0) is 9.59 Å². The lowest BCUT2D eigenvalue weighted by Crippen LogP contribution is -2.37. The Bertz CT molecular complexity index is 165. The van der Waals surface area contributed by atoms with Gasteiger partial charge in [0.1, 0.15) is 12.6 Å². The van der Waals surface area contributed by atoms with Gasteiger partial charge in [0.15, 0.2) is 0 Å². The maximum absolute atomic E-state index is 10.5. The number of hydrogen-bond donors (Lipinski definition) is 1. The van der Waals surface area contributed by atoms with Gasteiger partial charge in [-0.25, -0.2) is 0 Å². The lowest BCUT2D eigenvalue weighted by atomic mass is 9.93. The first-order valence-corrected chi connectivity index (χ1v) is 4.46. The second-order valence-corrected chi connectivity index (χ2v) is 4.82. The lowest BCUT2D eigenvalue weighted by Gasteiger charge is -2.22. The molecule has 0 aliphatic carbocycles. The van der Waals surface area contributed by atoms with Gasteiger partial charge in [0, 0.05) is 23.9 Å². The van der Waals surface area contributed by atoms with E-state index in [2.05, 4.69) is 5.32 Å². The van der Waals surface area contributed by atoms with Crippen molar-refractivity contribution in [3.05, 3.63) is 0 Å². The van der Waals surface area contributed by atoms with E-state index in [9.17, 15) is 9.59 Å². The van der Waals surface area contributed by atoms with Crippen molar-refractivity contribution in [3.63, 3.8) is 0 Å². The third kappa shape index (κ3) is 5.53. The van der Waals surface area contributed by atoms with Gasteiger partial charge in [-0.05, 0) is 0 Å². The van der Waals surface area contributed by atoms with Gasteiger partial charge in [-0.2, -0.15) is 0 Å². The van der Waals surface area contributed by atoms with Crippen LogP contribution in [-0.4, -0.2) is 25.7 Å². The van der Waals surface area contributed by atoms with Gasteiger partial charge in [0.2, 0.25) is 0 Å². The van der Waals surface area contributed by atoms with Crippen molar-refractivity contribution in [3.8, 4) is 0 Å². The first-order chi connectivity index (χ1) is 5.83. The van der Waals surface area contributed by atoms with Crippen LogP contribution < -0.4 is 5.32 Å². The Hall–Kier alpha value is -0.700. The second kappa shape index (κ2) is 4.51. The first-order valence-electron chi connectivity index (χ1n) is 4.46. The van der Waals surface area contributed by atoms with Crippen LogP contribution in [0, 0.1) is 10.8 Å². The molecule has 3 heteroatoms. The molecule has 0 aromatic heterocycles. The van der Waals surface area contributed by atoms with E-state index in [0.29, 0.717) is 13.1 Å². The highest BCUT2D eigenvalue weighted by atomic mass is 16.1. The zero-order valence-electron chi connectivity index (χ0n) is 8.89. The van der Waals surface area contributed by atoms with E-state index in [0.717, 1.165) is 12.6 Å². The number of carbonyl (C=O) groups excluding carboxylic acids is 2. The fourth-order valence-electron chi connectivity index (χ4n) is 0.790. The molecular weight excluding hydrogens is 166 g/mol. The molecule has 3 nitrogen and oxygen atoms in total. The van der Waals surface area contributed by atoms with E-state index in [-0.39, 0.29) is 10.8 Å². The second-order valence-electron chi connectivity index (χ2n) is 4.82. The summed E-state index contributed by atoms with van der Waals surface area (Å²) in [6.45, 7) is 8.66. The van der Waals surface area contributed by atoms with Crippen LogP contribution in [0.2, 0.25) is 0 Å². The van der Waals surface area contributed by atoms with Crippen LogP contribution in [0.15, 0.2) is 0 Å². The molecule has 0 unspecified atom stereocenters. The number of carbonyl (C=O) groups is 2. The molecule has 0 aromatic rings. The molecule has 0 fully saturated rings. The van der Waals surface area contributed by atoms with E-state index in [1.54, 1.807) is 0 Å². The smallest absolute Gasteiger partial charge is 0.126 e. The third-order valence-electron chi connectivity index (χ3n) is 1.80. The summed E-state index contributed by atoms with van der Waals surface area (Å²) in [5.74, 6) is 0. The average Bonchev–Trinajstić information content (AvgIpc) is 2.04. The maximum atomic E-state index is 10.5. The predicted molar refractivity (Wildman–Crippen MR) is 52.6 cm³/mol. The van der Waals surface area contributed by atoms with Crippen molar-refractivity contribution in [1.29, 1.82) is 0 Å². The molecule has 0 atom stereocenters. The molecule has 0 heterocycles. The lowest BCUT2D eigenvalue weighted by molar-refractivity contribution is -0.114. The monoisotopic (exact) mass is 185 g/mol. The van der Waals surface area contributed by atoms with Crippen LogP contribution in [0.5, 0.6) is 0 Å². The van der Waals surface area contributed by atoms with Crippen molar-refractivity contribution in [1.82, 2.24) is 5.32 Å². The highest BCUT2D eigenvalue weighted by molar-refractivity contribution is 5.59. The normalized spacial score (nSPS) is 12.6. The summed E-state index contributed by atoms with van der Waals surface area (Å²) in [5.41, 5.74) is -0.696. The zero-order valence-corrected chi connectivity index (χ0v) is 8.89. The molecule has 0 spiro atoms. The van der Waals surface area contributed by atoms with Gasteiger partial charge in [0.25, 0.3) is 0 Å². The van der Waals surface area contributed by atoms with Crippen LogP contribution in [0.4, 0.5) is 0 Å². The molecular formula is C10H19NO2. The number of nitrogens with one attached hydrogen (secondary N) is 1. The van der Waals surface area contributed by atoms with E-state index in [1.807, 2.05) is 27.7 Å². The topological polar surface area (TPSA) is 46.2 Å². The zero-order chi connectivity index (χ0) is 10.5. The van der Waals surface area contributed by atoms with Gasteiger partial charge in [-0.3, -0.25) is 0 Å². The highest BCUT2D eigenvalue weighted by Crippen LogP contribution is 2.11. The van der Waals surface area contributed by atoms with Crippen molar-refractivity contribution in [2.45, 2.75) is 27.7 Å². The fourth-order valence-corrected chi connectivity index (χ4v) is 0.790. The van der Waals surface area contributed by atoms with Crippen LogP contribution >= 0.6 is 0 Å². The molecule has 0 bridgehead atoms. The molecule has 1 N–H and O–H groups in total. The molecule has 13 heavy (non-hydrogen) atoms. The van der Waals surface area contributed by atoms with Crippen LogP contribution in [0.25, 0.3) is 0 Å². The molecule has 0 saturated carbocycles. The minimum absolute atomic E-state index is 0.348. The Labute approximate surface area is 79.9 Å². The minimum atomic E-state index is -0.348. The summed E-state index contributed by atoms with van der Waals surface area (Å²) >= 11 is 0. The number of hydrogen-bond acceptors (Lipinski definition) is 3. The van der Waals surface area contributed by atoms with Gasteiger partial charge >= 0.3 is 0 Å². The van der Waals surface area contributed by atoms with E-state index in [1.165, 1.54) is 0 Å². The molecule has 0 saturated heterocycles. The van der Waals surface area contributed by atoms with Gasteiger partial charge in [0.05, 0.1) is 0 Å². The largest absolute Gasteiger partial charge is 0.315 e. The van der Waals surface area contributed by atoms with Crippen molar-refractivity contribution >= 4 is 12.6 Å². The summed E-state index contributed by atoms with van der Waals surface area (Å²) in [5, 5.41) is 3.11. The number of aldehydes is 2. The molecule has 0 aliphatic heterocycles. The first kappa shape index (κ1) is 12.3. The molecule has 76 valence electrons. The summed E-state index contributed by atoms with van der Waals surface area (Å²) in [6, 6.07) is 0. The fraction of sp³-hybridized carbons (Fsp3) is 0.800. The Kier molecular flexibility index (Phi) is 4.27. The van der Waals surface area contributed by atoms with E-state index >= 15 is 0 Å². The Morgan fingerprint density at radius 1 is 0.923 bits per heavy atom. The van der Waals surface area contributed by atoms with Crippen molar-refractivity contribution in [2.75, 3.05) is 13.1 Å². The predicted octanol–water partition coefficient (Wildman–Crippen LogP) is 1.03. The van der Waals surface area contributed by atoms with Crippen molar-refractivity contribution < 1.29 is 9.59 Å². The average molecular weight is 185 g/mol. The van der Waals surface area contributed by atoms with Gasteiger partial charge < -0.3 is 14.9 Å². The molecule has 0 rings (SSSR count). The standard InChI is InChI=1S/C10H19NO2/c1-9(2,7-12)5-11-6-10(3,4)8-13/h7-8,11H,5-6H2,1-4H3.